The first-order valence-electron chi connectivity index (χ1n) is 6.29. The Hall–Kier alpha value is -1.43. The molecule has 1 aromatic carbocycles. The molecular weight excluding hydrogens is 360 g/mol. The molecule has 0 aromatic heterocycles. The molecule has 1 aliphatic rings. The summed E-state index contributed by atoms with van der Waals surface area (Å²) < 4.78 is 26.8. The number of halogens is 1. The molecule has 0 spiro atoms. The molecular formula is C13H13BrN2O4S. The van der Waals surface area contributed by atoms with Gasteiger partial charge in [0.25, 0.3) is 0 Å². The first kappa shape index (κ1) is 15.9. The first-order chi connectivity index (χ1) is 9.87. The number of hydrogen-bond donors (Lipinski definition) is 1. The zero-order valence-electron chi connectivity index (χ0n) is 11.0. The highest BCUT2D eigenvalue weighted by Gasteiger charge is 2.34. The summed E-state index contributed by atoms with van der Waals surface area (Å²) in [5, 5.41) is 18.2. The topological polar surface area (TPSA) is 98.5 Å². The number of piperidine rings is 1. The second-order valence-corrected chi connectivity index (χ2v) is 7.53. The number of sulfonamides is 1. The number of hydrogen-bond acceptors (Lipinski definition) is 4. The quantitative estimate of drug-likeness (QED) is 0.871. The Labute approximate surface area is 131 Å². The Bertz CT molecular complexity index is 711. The van der Waals surface area contributed by atoms with Crippen LogP contribution in [0.25, 0.3) is 0 Å². The van der Waals surface area contributed by atoms with Crippen LogP contribution in [0.15, 0.2) is 27.6 Å². The highest BCUT2D eigenvalue weighted by atomic mass is 79.9. The summed E-state index contributed by atoms with van der Waals surface area (Å²) >= 11 is 3.16. The third-order valence-electron chi connectivity index (χ3n) is 3.44. The highest BCUT2D eigenvalue weighted by molar-refractivity contribution is 9.10. The standard InChI is InChI=1S/C13H13BrN2O4S/c14-11-4-1-5-12(10(11)7-15)21(19,20)16-6-2-3-9(8-16)13(17)18/h1,4-5,9H,2-3,6,8H2,(H,17,18). The molecule has 0 amide bonds. The zero-order valence-corrected chi connectivity index (χ0v) is 13.4. The largest absolute Gasteiger partial charge is 0.481 e. The molecule has 0 radical (unpaired) electrons. The van der Waals surface area contributed by atoms with E-state index in [1.807, 2.05) is 6.07 Å². The van der Waals surface area contributed by atoms with Crippen LogP contribution < -0.4 is 0 Å². The maximum absolute atomic E-state index is 12.6. The Morgan fingerprint density at radius 2 is 2.19 bits per heavy atom. The first-order valence-corrected chi connectivity index (χ1v) is 8.53. The van der Waals surface area contributed by atoms with Gasteiger partial charge in [-0.1, -0.05) is 6.07 Å². The number of carboxylic acids is 1. The molecule has 0 saturated carbocycles. The van der Waals surface area contributed by atoms with Gasteiger partial charge in [-0.3, -0.25) is 4.79 Å². The van der Waals surface area contributed by atoms with Crippen molar-refractivity contribution in [2.45, 2.75) is 17.7 Å². The van der Waals surface area contributed by atoms with Gasteiger partial charge in [0, 0.05) is 17.6 Å². The van der Waals surface area contributed by atoms with E-state index in [1.165, 1.54) is 12.1 Å². The lowest BCUT2D eigenvalue weighted by molar-refractivity contribution is -0.142. The molecule has 1 N–H and O–H groups in total. The normalized spacial score (nSPS) is 19.9. The number of nitrogens with zero attached hydrogens (tertiary/aromatic N) is 2. The molecule has 0 aliphatic carbocycles. The summed E-state index contributed by atoms with van der Waals surface area (Å²) in [6.07, 6.45) is 0.955. The van der Waals surface area contributed by atoms with Gasteiger partial charge in [0.05, 0.1) is 11.5 Å². The molecule has 1 unspecified atom stereocenters. The highest BCUT2D eigenvalue weighted by Crippen LogP contribution is 2.29. The Morgan fingerprint density at radius 1 is 1.48 bits per heavy atom. The van der Waals surface area contributed by atoms with Gasteiger partial charge in [-0.2, -0.15) is 9.57 Å². The summed E-state index contributed by atoms with van der Waals surface area (Å²) in [7, 11) is -3.88. The van der Waals surface area contributed by atoms with E-state index < -0.39 is 21.9 Å². The number of aliphatic carboxylic acids is 1. The third-order valence-corrected chi connectivity index (χ3v) is 6.01. The summed E-state index contributed by atoms with van der Waals surface area (Å²) in [4.78, 5) is 11.0. The average molecular weight is 373 g/mol. The molecule has 1 saturated heterocycles. The van der Waals surface area contributed by atoms with Crippen LogP contribution in [-0.4, -0.2) is 36.9 Å². The minimum atomic E-state index is -3.88. The summed E-state index contributed by atoms with van der Waals surface area (Å²) in [6, 6.07) is 6.37. The maximum Gasteiger partial charge on any atom is 0.307 e. The van der Waals surface area contributed by atoms with Crippen LogP contribution in [0.1, 0.15) is 18.4 Å². The Balaban J connectivity index is 2.41. The fraction of sp³-hybridized carbons (Fsp3) is 0.385. The summed E-state index contributed by atoms with van der Waals surface area (Å²) in [6.45, 7) is 0.207. The van der Waals surface area contributed by atoms with E-state index in [-0.39, 0.29) is 23.5 Å². The number of nitriles is 1. The minimum Gasteiger partial charge on any atom is -0.481 e. The molecule has 21 heavy (non-hydrogen) atoms. The number of carbonyl (C=O) groups is 1. The van der Waals surface area contributed by atoms with Gasteiger partial charge in [0.15, 0.2) is 0 Å². The monoisotopic (exact) mass is 372 g/mol. The van der Waals surface area contributed by atoms with Gasteiger partial charge in [0.1, 0.15) is 11.0 Å². The molecule has 1 aliphatic heterocycles. The van der Waals surface area contributed by atoms with Crippen molar-refractivity contribution in [1.29, 1.82) is 5.26 Å². The molecule has 112 valence electrons. The van der Waals surface area contributed by atoms with E-state index in [4.69, 9.17) is 10.4 Å². The molecule has 6 nitrogen and oxygen atoms in total. The van der Waals surface area contributed by atoms with Gasteiger partial charge in [-0.25, -0.2) is 8.42 Å². The van der Waals surface area contributed by atoms with Crippen molar-refractivity contribution >= 4 is 31.9 Å². The van der Waals surface area contributed by atoms with Gasteiger partial charge in [-0.05, 0) is 40.9 Å². The maximum atomic E-state index is 12.6. The van der Waals surface area contributed by atoms with Crippen molar-refractivity contribution < 1.29 is 18.3 Å². The fourth-order valence-electron chi connectivity index (χ4n) is 2.33. The predicted octanol–water partition coefficient (Wildman–Crippen LogP) is 1.81. The van der Waals surface area contributed by atoms with Crippen molar-refractivity contribution in [3.05, 3.63) is 28.2 Å². The smallest absolute Gasteiger partial charge is 0.307 e. The van der Waals surface area contributed by atoms with Crippen molar-refractivity contribution in [3.8, 4) is 6.07 Å². The van der Waals surface area contributed by atoms with Crippen molar-refractivity contribution in [2.24, 2.45) is 5.92 Å². The summed E-state index contributed by atoms with van der Waals surface area (Å²) in [5.74, 6) is -1.70. The van der Waals surface area contributed by atoms with Crippen LogP contribution in [0.3, 0.4) is 0 Å². The Morgan fingerprint density at radius 3 is 2.81 bits per heavy atom. The van der Waals surface area contributed by atoms with Crippen LogP contribution in [0.2, 0.25) is 0 Å². The number of carboxylic acid groups (broad SMARTS) is 1. The zero-order chi connectivity index (χ0) is 15.6. The van der Waals surface area contributed by atoms with E-state index in [0.29, 0.717) is 17.3 Å². The van der Waals surface area contributed by atoms with Crippen molar-refractivity contribution in [3.63, 3.8) is 0 Å². The Kier molecular flexibility index (Phi) is 4.66. The molecule has 0 bridgehead atoms. The lowest BCUT2D eigenvalue weighted by Gasteiger charge is -2.30. The second-order valence-electron chi connectivity index (χ2n) is 4.77. The van der Waals surface area contributed by atoms with Crippen LogP contribution in [0.5, 0.6) is 0 Å². The average Bonchev–Trinajstić information content (AvgIpc) is 2.47. The molecule has 1 atom stereocenters. The molecule has 1 fully saturated rings. The van der Waals surface area contributed by atoms with E-state index >= 15 is 0 Å². The van der Waals surface area contributed by atoms with Crippen LogP contribution in [0, 0.1) is 17.2 Å². The van der Waals surface area contributed by atoms with E-state index in [9.17, 15) is 13.2 Å². The summed E-state index contributed by atoms with van der Waals surface area (Å²) in [5.41, 5.74) is 0.0370. The lowest BCUT2D eigenvalue weighted by Crippen LogP contribution is -2.42. The van der Waals surface area contributed by atoms with Crippen LogP contribution in [0.4, 0.5) is 0 Å². The minimum absolute atomic E-state index is 0.0370. The molecule has 2 rings (SSSR count). The molecule has 8 heteroatoms. The number of benzene rings is 1. The van der Waals surface area contributed by atoms with Gasteiger partial charge >= 0.3 is 5.97 Å². The van der Waals surface area contributed by atoms with Crippen molar-refractivity contribution in [1.82, 2.24) is 4.31 Å². The second kappa shape index (κ2) is 6.13. The number of rotatable bonds is 3. The van der Waals surface area contributed by atoms with E-state index in [0.717, 1.165) is 4.31 Å². The predicted molar refractivity (Wildman–Crippen MR) is 78.0 cm³/mol. The van der Waals surface area contributed by atoms with Crippen LogP contribution in [-0.2, 0) is 14.8 Å². The van der Waals surface area contributed by atoms with Gasteiger partial charge in [0.2, 0.25) is 10.0 Å². The SMILES string of the molecule is N#Cc1c(Br)cccc1S(=O)(=O)N1CCCC(C(=O)O)C1. The van der Waals surface area contributed by atoms with Gasteiger partial charge < -0.3 is 5.11 Å². The van der Waals surface area contributed by atoms with Crippen molar-refractivity contribution in [2.75, 3.05) is 13.1 Å². The van der Waals surface area contributed by atoms with E-state index in [2.05, 4.69) is 15.9 Å². The molecule has 1 heterocycles. The van der Waals surface area contributed by atoms with E-state index in [1.54, 1.807) is 6.07 Å². The third kappa shape index (κ3) is 3.10. The fourth-order valence-corrected chi connectivity index (χ4v) is 4.60. The van der Waals surface area contributed by atoms with Gasteiger partial charge in [-0.15, -0.1) is 0 Å². The molecule has 1 aromatic rings. The van der Waals surface area contributed by atoms with Crippen LogP contribution >= 0.6 is 15.9 Å². The lowest BCUT2D eigenvalue weighted by atomic mass is 10.0.